The van der Waals surface area contributed by atoms with Crippen LogP contribution in [0, 0.1) is 13.8 Å². The molecule has 1 N–H and O–H groups in total. The molecule has 2 aromatic carbocycles. The Labute approximate surface area is 124 Å². The first-order chi connectivity index (χ1) is 10.2. The summed E-state index contributed by atoms with van der Waals surface area (Å²) in [6, 6.07) is 12.3. The fourth-order valence-corrected chi connectivity index (χ4v) is 2.33. The maximum absolute atomic E-state index is 4.39. The summed E-state index contributed by atoms with van der Waals surface area (Å²) < 4.78 is 0. The second-order valence-electron chi connectivity index (χ2n) is 5.09. The topological polar surface area (TPSA) is 37.8 Å². The number of aryl methyl sites for hydroxylation is 2. The largest absolute Gasteiger partial charge is 0.339 e. The molecule has 0 fully saturated rings. The monoisotopic (exact) mass is 275 g/mol. The number of hydrogen-bond donors (Lipinski definition) is 1. The minimum absolute atomic E-state index is 0.817. The van der Waals surface area contributed by atoms with E-state index in [2.05, 4.69) is 47.8 Å². The molecule has 104 valence electrons. The van der Waals surface area contributed by atoms with Crippen molar-refractivity contribution in [3.63, 3.8) is 0 Å². The Morgan fingerprint density at radius 1 is 1.05 bits per heavy atom. The van der Waals surface area contributed by atoms with E-state index in [1.807, 2.05) is 30.3 Å². The quantitative estimate of drug-likeness (QED) is 0.757. The fraction of sp³-hybridized carbons (Fsp3) is 0.111. The molecule has 3 nitrogen and oxygen atoms in total. The molecule has 0 spiro atoms. The van der Waals surface area contributed by atoms with Crippen molar-refractivity contribution < 1.29 is 0 Å². The van der Waals surface area contributed by atoms with Gasteiger partial charge < -0.3 is 5.32 Å². The summed E-state index contributed by atoms with van der Waals surface area (Å²) in [7, 11) is 0. The van der Waals surface area contributed by atoms with E-state index in [0.717, 1.165) is 28.0 Å². The molecule has 3 heteroatoms. The number of nitrogens with zero attached hydrogens (tertiary/aromatic N) is 2. The standard InChI is InChI=1S/C18H17N3/c1-4-14-7-5-6-8-16(14)21-18-15-9-12(2)13(3)10-17(15)19-11-20-18/h4-11H,1H2,2-3H3,(H,19,20,21). The van der Waals surface area contributed by atoms with Crippen molar-refractivity contribution in [3.8, 4) is 0 Å². The van der Waals surface area contributed by atoms with Gasteiger partial charge >= 0.3 is 0 Å². The molecule has 0 amide bonds. The zero-order chi connectivity index (χ0) is 14.8. The van der Waals surface area contributed by atoms with E-state index in [1.165, 1.54) is 11.1 Å². The number of anilines is 2. The third kappa shape index (κ3) is 2.50. The van der Waals surface area contributed by atoms with Crippen molar-refractivity contribution in [2.24, 2.45) is 0 Å². The van der Waals surface area contributed by atoms with Crippen LogP contribution in [0.1, 0.15) is 16.7 Å². The molecule has 3 aromatic rings. The van der Waals surface area contributed by atoms with Gasteiger partial charge in [0.2, 0.25) is 0 Å². The Balaban J connectivity index is 2.12. The number of aromatic nitrogens is 2. The molecule has 0 bridgehead atoms. The average molecular weight is 275 g/mol. The summed E-state index contributed by atoms with van der Waals surface area (Å²) in [5, 5.41) is 4.42. The second-order valence-corrected chi connectivity index (χ2v) is 5.09. The van der Waals surface area contributed by atoms with Crippen LogP contribution in [-0.2, 0) is 0 Å². The number of benzene rings is 2. The van der Waals surface area contributed by atoms with Crippen LogP contribution in [0.15, 0.2) is 49.3 Å². The molecule has 3 rings (SSSR count). The lowest BCUT2D eigenvalue weighted by Gasteiger charge is -2.12. The minimum Gasteiger partial charge on any atom is -0.339 e. The van der Waals surface area contributed by atoms with Gasteiger partial charge in [-0.3, -0.25) is 0 Å². The summed E-state index contributed by atoms with van der Waals surface area (Å²) in [5.41, 5.74) is 5.46. The maximum Gasteiger partial charge on any atom is 0.141 e. The third-order valence-electron chi connectivity index (χ3n) is 3.68. The highest BCUT2D eigenvalue weighted by Gasteiger charge is 2.07. The Bertz CT molecular complexity index is 822. The number of nitrogens with one attached hydrogen (secondary N) is 1. The predicted molar refractivity (Wildman–Crippen MR) is 88.8 cm³/mol. The van der Waals surface area contributed by atoms with Gasteiger partial charge in [-0.2, -0.15) is 0 Å². The van der Waals surface area contributed by atoms with Crippen LogP contribution >= 0.6 is 0 Å². The van der Waals surface area contributed by atoms with Crippen molar-refractivity contribution in [2.45, 2.75) is 13.8 Å². The number of fused-ring (bicyclic) bond motifs is 1. The summed E-state index contributed by atoms with van der Waals surface area (Å²) in [4.78, 5) is 8.75. The molecule has 0 aliphatic heterocycles. The van der Waals surface area contributed by atoms with Crippen LogP contribution in [0.5, 0.6) is 0 Å². The highest BCUT2D eigenvalue weighted by atomic mass is 15.0. The molecular weight excluding hydrogens is 258 g/mol. The van der Waals surface area contributed by atoms with Crippen LogP contribution < -0.4 is 5.32 Å². The van der Waals surface area contributed by atoms with E-state index in [9.17, 15) is 0 Å². The SMILES string of the molecule is C=Cc1ccccc1Nc1ncnc2cc(C)c(C)cc12. The fourth-order valence-electron chi connectivity index (χ4n) is 2.33. The normalized spacial score (nSPS) is 10.6. The summed E-state index contributed by atoms with van der Waals surface area (Å²) in [5.74, 6) is 0.817. The molecule has 21 heavy (non-hydrogen) atoms. The van der Waals surface area contributed by atoms with Gasteiger partial charge in [0, 0.05) is 11.1 Å². The molecule has 0 atom stereocenters. The highest BCUT2D eigenvalue weighted by molar-refractivity contribution is 5.92. The van der Waals surface area contributed by atoms with Gasteiger partial charge in [0.1, 0.15) is 12.1 Å². The van der Waals surface area contributed by atoms with Crippen molar-refractivity contribution in [1.82, 2.24) is 9.97 Å². The lowest BCUT2D eigenvalue weighted by Crippen LogP contribution is -1.98. The molecular formula is C18H17N3. The smallest absolute Gasteiger partial charge is 0.141 e. The van der Waals surface area contributed by atoms with Gasteiger partial charge in [-0.1, -0.05) is 30.9 Å². The minimum atomic E-state index is 0.817. The molecule has 0 unspecified atom stereocenters. The molecule has 0 aliphatic rings. The van der Waals surface area contributed by atoms with E-state index in [-0.39, 0.29) is 0 Å². The van der Waals surface area contributed by atoms with Gasteiger partial charge in [0.05, 0.1) is 5.52 Å². The van der Waals surface area contributed by atoms with Crippen molar-refractivity contribution >= 4 is 28.5 Å². The highest BCUT2D eigenvalue weighted by Crippen LogP contribution is 2.27. The van der Waals surface area contributed by atoms with Crippen LogP contribution in [0.4, 0.5) is 11.5 Å². The second kappa shape index (κ2) is 5.37. The lowest BCUT2D eigenvalue weighted by atomic mass is 10.1. The third-order valence-corrected chi connectivity index (χ3v) is 3.68. The van der Waals surface area contributed by atoms with Crippen LogP contribution in [0.3, 0.4) is 0 Å². The average Bonchev–Trinajstić information content (AvgIpc) is 2.50. The number of rotatable bonds is 3. The predicted octanol–water partition coefficient (Wildman–Crippen LogP) is 4.63. The first-order valence-corrected chi connectivity index (χ1v) is 6.89. The van der Waals surface area contributed by atoms with E-state index in [4.69, 9.17) is 0 Å². The van der Waals surface area contributed by atoms with E-state index in [0.29, 0.717) is 0 Å². The zero-order valence-electron chi connectivity index (χ0n) is 12.2. The first kappa shape index (κ1) is 13.3. The summed E-state index contributed by atoms with van der Waals surface area (Å²) in [6.45, 7) is 8.04. The van der Waals surface area contributed by atoms with Gasteiger partial charge in [0.15, 0.2) is 0 Å². The zero-order valence-corrected chi connectivity index (χ0v) is 12.2. The van der Waals surface area contributed by atoms with Gasteiger partial charge in [0.25, 0.3) is 0 Å². The van der Waals surface area contributed by atoms with Crippen molar-refractivity contribution in [2.75, 3.05) is 5.32 Å². The molecule has 1 heterocycles. The van der Waals surface area contributed by atoms with E-state index >= 15 is 0 Å². The summed E-state index contributed by atoms with van der Waals surface area (Å²) in [6.07, 6.45) is 3.43. The van der Waals surface area contributed by atoms with Crippen molar-refractivity contribution in [1.29, 1.82) is 0 Å². The number of para-hydroxylation sites is 1. The Kier molecular flexibility index (Phi) is 3.40. The van der Waals surface area contributed by atoms with Gasteiger partial charge in [-0.25, -0.2) is 9.97 Å². The molecule has 0 aliphatic carbocycles. The Hall–Kier alpha value is -2.68. The van der Waals surface area contributed by atoms with Crippen molar-refractivity contribution in [3.05, 3.63) is 66.0 Å². The first-order valence-electron chi connectivity index (χ1n) is 6.89. The number of hydrogen-bond acceptors (Lipinski definition) is 3. The van der Waals surface area contributed by atoms with Crippen LogP contribution in [0.25, 0.3) is 17.0 Å². The van der Waals surface area contributed by atoms with Crippen LogP contribution in [0.2, 0.25) is 0 Å². The molecule has 0 saturated carbocycles. The van der Waals surface area contributed by atoms with Gasteiger partial charge in [-0.05, 0) is 48.7 Å². The molecule has 0 radical (unpaired) electrons. The molecule has 0 saturated heterocycles. The van der Waals surface area contributed by atoms with Crippen LogP contribution in [-0.4, -0.2) is 9.97 Å². The van der Waals surface area contributed by atoms with E-state index in [1.54, 1.807) is 6.33 Å². The Morgan fingerprint density at radius 2 is 1.81 bits per heavy atom. The lowest BCUT2D eigenvalue weighted by molar-refractivity contribution is 1.21. The van der Waals surface area contributed by atoms with E-state index < -0.39 is 0 Å². The summed E-state index contributed by atoms with van der Waals surface area (Å²) >= 11 is 0. The van der Waals surface area contributed by atoms with Gasteiger partial charge in [-0.15, -0.1) is 0 Å². The maximum atomic E-state index is 4.39. The molecule has 1 aromatic heterocycles. The Morgan fingerprint density at radius 3 is 2.62 bits per heavy atom.